The van der Waals surface area contributed by atoms with Crippen LogP contribution in [-0.2, 0) is 20.9 Å². The smallest absolute Gasteiger partial charge is 0.234 e. The van der Waals surface area contributed by atoms with Crippen molar-refractivity contribution >= 4 is 17.7 Å². The first-order chi connectivity index (χ1) is 14.1. The zero-order chi connectivity index (χ0) is 20.0. The van der Waals surface area contributed by atoms with E-state index in [1.165, 1.54) is 11.2 Å². The molecule has 1 aromatic carbocycles. The Morgan fingerprint density at radius 1 is 1.03 bits per heavy atom. The van der Waals surface area contributed by atoms with Gasteiger partial charge >= 0.3 is 0 Å². The van der Waals surface area contributed by atoms with Crippen molar-refractivity contribution in [1.29, 1.82) is 0 Å². The summed E-state index contributed by atoms with van der Waals surface area (Å²) >= 11 is 0. The molecule has 0 spiro atoms. The van der Waals surface area contributed by atoms with Gasteiger partial charge in [-0.05, 0) is 36.0 Å². The van der Waals surface area contributed by atoms with E-state index < -0.39 is 6.04 Å². The van der Waals surface area contributed by atoms with Crippen LogP contribution in [-0.4, -0.2) is 22.6 Å². The Labute approximate surface area is 168 Å². The van der Waals surface area contributed by atoms with E-state index in [9.17, 15) is 14.4 Å². The van der Waals surface area contributed by atoms with Crippen molar-refractivity contribution in [3.63, 3.8) is 0 Å². The maximum absolute atomic E-state index is 13.2. The summed E-state index contributed by atoms with van der Waals surface area (Å²) in [6.07, 6.45) is 6.49. The van der Waals surface area contributed by atoms with Gasteiger partial charge in [-0.15, -0.1) is 0 Å². The zero-order valence-electron chi connectivity index (χ0n) is 15.9. The van der Waals surface area contributed by atoms with Gasteiger partial charge in [-0.3, -0.25) is 19.3 Å². The first-order valence-corrected chi connectivity index (χ1v) is 10.0. The molecule has 1 saturated heterocycles. The summed E-state index contributed by atoms with van der Waals surface area (Å²) in [5.74, 6) is -0.421. The van der Waals surface area contributed by atoms with Crippen LogP contribution < -0.4 is 5.32 Å². The van der Waals surface area contributed by atoms with Crippen molar-refractivity contribution in [2.75, 3.05) is 0 Å². The van der Waals surface area contributed by atoms with Crippen molar-refractivity contribution in [2.24, 2.45) is 23.7 Å². The topological polar surface area (TPSA) is 79.6 Å². The molecule has 29 heavy (non-hydrogen) atoms. The zero-order valence-corrected chi connectivity index (χ0v) is 15.9. The van der Waals surface area contributed by atoms with Crippen LogP contribution in [0.25, 0.3) is 0 Å². The standard InChI is InChI=1S/C23H22N2O4/c26-19(24-13-14-5-2-1-3-6-14)12-17(18-7-4-10-29-18)25-22(27)20-15-8-9-16(11-15)21(20)23(25)28/h1-10,15-17,20-21H,11-13H2,(H,24,26). The number of imide groups is 1. The Morgan fingerprint density at radius 2 is 1.72 bits per heavy atom. The van der Waals surface area contributed by atoms with Crippen LogP contribution in [0.15, 0.2) is 65.3 Å². The maximum atomic E-state index is 13.2. The Morgan fingerprint density at radius 3 is 2.34 bits per heavy atom. The summed E-state index contributed by atoms with van der Waals surface area (Å²) in [6.45, 7) is 0.395. The number of rotatable bonds is 6. The molecule has 2 aliphatic carbocycles. The second kappa shape index (κ2) is 7.03. The highest BCUT2D eigenvalue weighted by molar-refractivity contribution is 6.07. The fourth-order valence-electron chi connectivity index (χ4n) is 5.08. The lowest BCUT2D eigenvalue weighted by Gasteiger charge is -2.26. The lowest BCUT2D eigenvalue weighted by atomic mass is 9.85. The van der Waals surface area contributed by atoms with Crippen LogP contribution in [0.3, 0.4) is 0 Å². The number of likely N-dealkylation sites (tertiary alicyclic amines) is 1. The third-order valence-electron chi connectivity index (χ3n) is 6.40. The van der Waals surface area contributed by atoms with E-state index >= 15 is 0 Å². The van der Waals surface area contributed by atoms with Crippen molar-refractivity contribution in [3.05, 3.63) is 72.2 Å². The van der Waals surface area contributed by atoms with Crippen LogP contribution in [0, 0.1) is 23.7 Å². The van der Waals surface area contributed by atoms with Crippen LogP contribution in [0.2, 0.25) is 0 Å². The summed E-state index contributed by atoms with van der Waals surface area (Å²) in [4.78, 5) is 40.3. The van der Waals surface area contributed by atoms with E-state index in [0.29, 0.717) is 12.3 Å². The van der Waals surface area contributed by atoms with E-state index in [2.05, 4.69) is 17.5 Å². The highest BCUT2D eigenvalue weighted by atomic mass is 16.3. The molecule has 1 N–H and O–H groups in total. The summed E-state index contributed by atoms with van der Waals surface area (Å²) in [5, 5.41) is 2.88. The summed E-state index contributed by atoms with van der Waals surface area (Å²) in [7, 11) is 0. The first-order valence-electron chi connectivity index (χ1n) is 10.0. The van der Waals surface area contributed by atoms with Crippen LogP contribution in [0.5, 0.6) is 0 Å². The molecule has 5 atom stereocenters. The summed E-state index contributed by atoms with van der Waals surface area (Å²) in [5.41, 5.74) is 0.987. The average molecular weight is 390 g/mol. The van der Waals surface area contributed by atoms with Gasteiger partial charge in [-0.25, -0.2) is 0 Å². The van der Waals surface area contributed by atoms with E-state index in [-0.39, 0.29) is 47.8 Å². The fraction of sp³-hybridized carbons (Fsp3) is 0.348. The number of furan rings is 1. The first kappa shape index (κ1) is 17.9. The molecule has 2 fully saturated rings. The number of hydrogen-bond donors (Lipinski definition) is 1. The molecule has 1 saturated carbocycles. The summed E-state index contributed by atoms with van der Waals surface area (Å²) < 4.78 is 5.52. The number of carbonyl (C=O) groups is 3. The van der Waals surface area contributed by atoms with Crippen molar-refractivity contribution < 1.29 is 18.8 Å². The Kier molecular flexibility index (Phi) is 4.34. The molecule has 6 nitrogen and oxygen atoms in total. The molecular weight excluding hydrogens is 368 g/mol. The molecule has 2 aromatic rings. The third-order valence-corrected chi connectivity index (χ3v) is 6.40. The Balaban J connectivity index is 1.35. The second-order valence-electron chi connectivity index (χ2n) is 8.04. The molecule has 148 valence electrons. The Bertz CT molecular complexity index is 936. The molecular formula is C23H22N2O4. The van der Waals surface area contributed by atoms with Gasteiger partial charge in [0.05, 0.1) is 24.5 Å². The molecule has 6 heteroatoms. The predicted molar refractivity (Wildman–Crippen MR) is 104 cm³/mol. The molecule has 0 radical (unpaired) electrons. The van der Waals surface area contributed by atoms with E-state index in [0.717, 1.165) is 12.0 Å². The average Bonchev–Trinajstić information content (AvgIpc) is 3.51. The van der Waals surface area contributed by atoms with Crippen LogP contribution in [0.4, 0.5) is 0 Å². The highest BCUT2D eigenvalue weighted by Gasteiger charge is 2.60. The molecule has 2 bridgehead atoms. The van der Waals surface area contributed by atoms with Crippen LogP contribution >= 0.6 is 0 Å². The number of amides is 3. The molecule has 1 aromatic heterocycles. The molecule has 3 aliphatic rings. The fourth-order valence-corrected chi connectivity index (χ4v) is 5.08. The van der Waals surface area contributed by atoms with Gasteiger partial charge in [0.15, 0.2) is 0 Å². The highest BCUT2D eigenvalue weighted by Crippen LogP contribution is 2.54. The van der Waals surface area contributed by atoms with Gasteiger partial charge in [-0.2, -0.15) is 0 Å². The largest absolute Gasteiger partial charge is 0.467 e. The second-order valence-corrected chi connectivity index (χ2v) is 8.04. The van der Waals surface area contributed by atoms with E-state index in [1.807, 2.05) is 30.3 Å². The molecule has 3 amide bonds. The predicted octanol–water partition coefficient (Wildman–Crippen LogP) is 2.83. The number of fused-ring (bicyclic) bond motifs is 5. The minimum atomic E-state index is -0.717. The van der Waals surface area contributed by atoms with Crippen LogP contribution in [0.1, 0.15) is 30.2 Å². The molecule has 5 unspecified atom stereocenters. The van der Waals surface area contributed by atoms with Crippen molar-refractivity contribution in [1.82, 2.24) is 10.2 Å². The Hall–Kier alpha value is -3.15. The normalized spacial score (nSPS) is 28.1. The maximum Gasteiger partial charge on any atom is 0.234 e. The van der Waals surface area contributed by atoms with Gasteiger partial charge in [-0.1, -0.05) is 42.5 Å². The van der Waals surface area contributed by atoms with Gasteiger partial charge < -0.3 is 9.73 Å². The number of carbonyl (C=O) groups excluding carboxylic acids is 3. The van der Waals surface area contributed by atoms with Gasteiger partial charge in [0.2, 0.25) is 17.7 Å². The number of allylic oxidation sites excluding steroid dienone is 2. The molecule has 2 heterocycles. The SMILES string of the molecule is O=C(CC(c1ccco1)N1C(=O)C2C3C=CC(C3)C2C1=O)NCc1ccccc1. The van der Waals surface area contributed by atoms with E-state index in [4.69, 9.17) is 4.42 Å². The van der Waals surface area contributed by atoms with Crippen molar-refractivity contribution in [2.45, 2.75) is 25.4 Å². The third kappa shape index (κ3) is 2.99. The lowest BCUT2D eigenvalue weighted by Crippen LogP contribution is -2.39. The monoisotopic (exact) mass is 390 g/mol. The number of benzene rings is 1. The van der Waals surface area contributed by atoms with Gasteiger partial charge in [0.1, 0.15) is 11.8 Å². The number of hydrogen-bond acceptors (Lipinski definition) is 4. The van der Waals surface area contributed by atoms with Crippen molar-refractivity contribution in [3.8, 4) is 0 Å². The van der Waals surface area contributed by atoms with Gasteiger partial charge in [0, 0.05) is 6.54 Å². The lowest BCUT2D eigenvalue weighted by molar-refractivity contribution is -0.144. The van der Waals surface area contributed by atoms with E-state index in [1.54, 1.807) is 12.1 Å². The molecule has 1 aliphatic heterocycles. The minimum absolute atomic E-state index is 0.0139. The summed E-state index contributed by atoms with van der Waals surface area (Å²) in [6, 6.07) is 12.3. The minimum Gasteiger partial charge on any atom is -0.467 e. The number of nitrogens with zero attached hydrogens (tertiary/aromatic N) is 1. The molecule has 5 rings (SSSR count). The quantitative estimate of drug-likeness (QED) is 0.608. The number of nitrogens with one attached hydrogen (secondary N) is 1. The van der Waals surface area contributed by atoms with Gasteiger partial charge in [0.25, 0.3) is 0 Å².